The Morgan fingerprint density at radius 2 is 1.40 bits per heavy atom. The molecular formula is C27H24NOP. The lowest BCUT2D eigenvalue weighted by Crippen LogP contribution is -2.26. The largest absolute Gasteiger partial charge is 0.477 e. The summed E-state index contributed by atoms with van der Waals surface area (Å²) >= 11 is 0. The van der Waals surface area contributed by atoms with Gasteiger partial charge in [0.1, 0.15) is 6.61 Å². The molecule has 1 aliphatic carbocycles. The lowest BCUT2D eigenvalue weighted by molar-refractivity contribution is 0.252. The Morgan fingerprint density at radius 3 is 2.03 bits per heavy atom. The molecule has 1 heterocycles. The summed E-state index contributed by atoms with van der Waals surface area (Å²) in [6.07, 6.45) is 7.55. The first-order valence-electron chi connectivity index (χ1n) is 10.3. The highest BCUT2D eigenvalue weighted by molar-refractivity contribution is 7.77. The van der Waals surface area contributed by atoms with Crippen molar-refractivity contribution in [3.8, 4) is 0 Å². The number of benzene rings is 3. The van der Waals surface area contributed by atoms with Crippen LogP contribution in [0, 0.1) is 0 Å². The van der Waals surface area contributed by atoms with Crippen LogP contribution in [0.5, 0.6) is 0 Å². The highest BCUT2D eigenvalue weighted by Gasteiger charge is 2.29. The van der Waals surface area contributed by atoms with Crippen molar-refractivity contribution in [3.05, 3.63) is 132 Å². The van der Waals surface area contributed by atoms with Crippen molar-refractivity contribution in [1.29, 1.82) is 0 Å². The first-order chi connectivity index (χ1) is 14.9. The van der Waals surface area contributed by atoms with Gasteiger partial charge in [0.2, 0.25) is 0 Å². The minimum Gasteiger partial charge on any atom is -0.477 e. The Morgan fingerprint density at radius 1 is 0.800 bits per heavy atom. The molecule has 1 aliphatic heterocycles. The van der Waals surface area contributed by atoms with Gasteiger partial charge in [-0.2, -0.15) is 0 Å². The first kappa shape index (κ1) is 18.9. The molecule has 5 rings (SSSR count). The second kappa shape index (κ2) is 8.73. The summed E-state index contributed by atoms with van der Waals surface area (Å²) < 4.78 is 6.16. The Bertz CT molecular complexity index is 1050. The normalized spacial score (nSPS) is 20.2. The van der Waals surface area contributed by atoms with Crippen molar-refractivity contribution < 1.29 is 4.74 Å². The van der Waals surface area contributed by atoms with Crippen LogP contribution in [0.15, 0.2) is 126 Å². The fourth-order valence-corrected chi connectivity index (χ4v) is 6.44. The molecule has 0 bridgehead atoms. The minimum absolute atomic E-state index is 0.296. The lowest BCUT2D eigenvalue weighted by Gasteiger charge is -2.22. The van der Waals surface area contributed by atoms with E-state index in [9.17, 15) is 0 Å². The lowest BCUT2D eigenvalue weighted by atomic mass is 10.1. The molecule has 1 atom stereocenters. The molecule has 0 amide bonds. The second-order valence-electron chi connectivity index (χ2n) is 7.50. The van der Waals surface area contributed by atoms with Gasteiger partial charge in [-0.05, 0) is 41.9 Å². The standard InChI is InChI=1S/C27H24NOP/c1-4-11-21(12-5-1)19-22-20-29-27(28-22)25-17-10-18-26(25)30(23-13-6-2-7-14-23)24-15-8-3-9-16-24/h1-18,22,28H,19-20H2/b27-25+/t22-/m0/s1. The van der Waals surface area contributed by atoms with Gasteiger partial charge in [0.05, 0.1) is 6.04 Å². The van der Waals surface area contributed by atoms with Gasteiger partial charge in [-0.15, -0.1) is 0 Å². The Labute approximate surface area is 179 Å². The Kier molecular flexibility index (Phi) is 5.50. The van der Waals surface area contributed by atoms with E-state index in [1.807, 2.05) is 0 Å². The summed E-state index contributed by atoms with van der Waals surface area (Å²) in [5.74, 6) is 0.912. The van der Waals surface area contributed by atoms with Crippen LogP contribution in [0.1, 0.15) is 5.56 Å². The molecule has 1 saturated heterocycles. The highest BCUT2D eigenvalue weighted by atomic mass is 31.1. The third-order valence-corrected chi connectivity index (χ3v) is 7.90. The van der Waals surface area contributed by atoms with Crippen molar-refractivity contribution in [2.75, 3.05) is 6.61 Å². The second-order valence-corrected chi connectivity index (χ2v) is 9.69. The SMILES string of the molecule is C1=C/C(=C2/N[C@@H](Cc3ccccc3)CO2)C(P(c2ccccc2)c2ccccc2)=C1. The van der Waals surface area contributed by atoms with E-state index < -0.39 is 7.92 Å². The van der Waals surface area contributed by atoms with Gasteiger partial charge >= 0.3 is 0 Å². The van der Waals surface area contributed by atoms with Crippen molar-refractivity contribution in [2.45, 2.75) is 12.5 Å². The van der Waals surface area contributed by atoms with Gasteiger partial charge in [0.25, 0.3) is 0 Å². The highest BCUT2D eigenvalue weighted by Crippen LogP contribution is 2.49. The van der Waals surface area contributed by atoms with Gasteiger partial charge in [-0.3, -0.25) is 0 Å². The molecule has 0 spiro atoms. The molecule has 1 fully saturated rings. The molecule has 3 aromatic rings. The van der Waals surface area contributed by atoms with Gasteiger partial charge in [0.15, 0.2) is 5.88 Å². The number of hydrogen-bond donors (Lipinski definition) is 1. The van der Waals surface area contributed by atoms with Gasteiger partial charge < -0.3 is 10.1 Å². The van der Waals surface area contributed by atoms with E-state index in [4.69, 9.17) is 4.74 Å². The first-order valence-corrected chi connectivity index (χ1v) is 11.7. The van der Waals surface area contributed by atoms with E-state index in [1.165, 1.54) is 27.1 Å². The maximum atomic E-state index is 6.16. The predicted octanol–water partition coefficient (Wildman–Crippen LogP) is 5.02. The van der Waals surface area contributed by atoms with E-state index in [0.29, 0.717) is 12.6 Å². The predicted molar refractivity (Wildman–Crippen MR) is 126 cm³/mol. The van der Waals surface area contributed by atoms with Crippen LogP contribution in [0.2, 0.25) is 0 Å². The molecule has 2 nitrogen and oxygen atoms in total. The van der Waals surface area contributed by atoms with Crippen molar-refractivity contribution in [1.82, 2.24) is 5.32 Å². The summed E-state index contributed by atoms with van der Waals surface area (Å²) in [4.78, 5) is 0. The fraction of sp³-hybridized carbons (Fsp3) is 0.111. The van der Waals surface area contributed by atoms with Gasteiger partial charge in [-0.1, -0.05) is 103 Å². The number of allylic oxidation sites excluding steroid dienone is 5. The minimum atomic E-state index is -0.649. The fourth-order valence-electron chi connectivity index (χ4n) is 4.00. The number of hydrogen-bond acceptors (Lipinski definition) is 2. The summed E-state index contributed by atoms with van der Waals surface area (Å²) in [7, 11) is -0.649. The van der Waals surface area contributed by atoms with Crippen LogP contribution in [0.4, 0.5) is 0 Å². The molecular weight excluding hydrogens is 385 g/mol. The van der Waals surface area contributed by atoms with E-state index in [2.05, 4.69) is 115 Å². The van der Waals surface area contributed by atoms with Gasteiger partial charge in [0, 0.05) is 5.57 Å². The van der Waals surface area contributed by atoms with Crippen LogP contribution in [-0.4, -0.2) is 12.6 Å². The van der Waals surface area contributed by atoms with Crippen molar-refractivity contribution in [3.63, 3.8) is 0 Å². The van der Waals surface area contributed by atoms with Crippen molar-refractivity contribution >= 4 is 18.5 Å². The van der Waals surface area contributed by atoms with Crippen LogP contribution in [0.25, 0.3) is 0 Å². The summed E-state index contributed by atoms with van der Waals surface area (Å²) in [6.45, 7) is 0.698. The van der Waals surface area contributed by atoms with E-state index in [1.54, 1.807) is 0 Å². The monoisotopic (exact) mass is 409 g/mol. The Hall–Kier alpha value is -3.09. The summed E-state index contributed by atoms with van der Waals surface area (Å²) in [5, 5.41) is 7.69. The third-order valence-electron chi connectivity index (χ3n) is 5.40. The molecule has 2 aliphatic rings. The molecule has 3 heteroatoms. The van der Waals surface area contributed by atoms with Crippen LogP contribution >= 0.6 is 7.92 Å². The molecule has 0 saturated carbocycles. The summed E-state index contributed by atoms with van der Waals surface area (Å²) in [6, 6.07) is 32.5. The Balaban J connectivity index is 1.45. The maximum absolute atomic E-state index is 6.16. The average molecular weight is 409 g/mol. The van der Waals surface area contributed by atoms with E-state index >= 15 is 0 Å². The molecule has 3 aromatic carbocycles. The molecule has 1 N–H and O–H groups in total. The molecule has 0 radical (unpaired) electrons. The van der Waals surface area contributed by atoms with Gasteiger partial charge in [-0.25, -0.2) is 0 Å². The van der Waals surface area contributed by atoms with E-state index in [-0.39, 0.29) is 0 Å². The zero-order valence-corrected chi connectivity index (χ0v) is 17.6. The smallest absolute Gasteiger partial charge is 0.195 e. The third kappa shape index (κ3) is 3.97. The van der Waals surface area contributed by atoms with Crippen LogP contribution < -0.4 is 15.9 Å². The van der Waals surface area contributed by atoms with E-state index in [0.717, 1.165) is 12.3 Å². The quantitative estimate of drug-likeness (QED) is 0.598. The zero-order valence-electron chi connectivity index (χ0n) is 16.7. The summed E-state index contributed by atoms with van der Waals surface area (Å²) in [5.41, 5.74) is 2.52. The molecule has 0 unspecified atom stereocenters. The molecule has 30 heavy (non-hydrogen) atoms. The molecule has 148 valence electrons. The zero-order chi connectivity index (χ0) is 20.2. The topological polar surface area (TPSA) is 21.3 Å². The van der Waals surface area contributed by atoms with Crippen molar-refractivity contribution in [2.24, 2.45) is 0 Å². The molecule has 0 aromatic heterocycles. The number of ether oxygens (including phenoxy) is 1. The maximum Gasteiger partial charge on any atom is 0.195 e. The average Bonchev–Trinajstić information content (AvgIpc) is 3.46. The number of nitrogens with one attached hydrogen (secondary N) is 1. The van der Waals surface area contributed by atoms with Crippen LogP contribution in [0.3, 0.4) is 0 Å². The number of rotatable bonds is 5. The van der Waals surface area contributed by atoms with Crippen LogP contribution in [-0.2, 0) is 11.2 Å².